The second-order valence-corrected chi connectivity index (χ2v) is 7.37. The van der Waals surface area contributed by atoms with Crippen LogP contribution in [0.15, 0.2) is 46.8 Å². The molecule has 0 radical (unpaired) electrons. The van der Waals surface area contributed by atoms with Crippen molar-refractivity contribution in [3.05, 3.63) is 52.2 Å². The van der Waals surface area contributed by atoms with E-state index in [2.05, 4.69) is 72.8 Å². The van der Waals surface area contributed by atoms with Gasteiger partial charge in [0.1, 0.15) is 5.75 Å². The van der Waals surface area contributed by atoms with E-state index < -0.39 is 0 Å². The third kappa shape index (κ3) is 5.75. The van der Waals surface area contributed by atoms with Gasteiger partial charge in [0.15, 0.2) is 5.96 Å². The van der Waals surface area contributed by atoms with Crippen LogP contribution in [0.3, 0.4) is 0 Å². The highest BCUT2D eigenvalue weighted by molar-refractivity contribution is 7.10. The zero-order valence-electron chi connectivity index (χ0n) is 16.4. The Morgan fingerprint density at radius 2 is 1.92 bits per heavy atom. The summed E-state index contributed by atoms with van der Waals surface area (Å²) in [7, 11) is 7.97. The van der Waals surface area contributed by atoms with Gasteiger partial charge >= 0.3 is 0 Å². The van der Waals surface area contributed by atoms with E-state index >= 15 is 0 Å². The van der Waals surface area contributed by atoms with Crippen LogP contribution in [0, 0.1) is 0 Å². The van der Waals surface area contributed by atoms with Gasteiger partial charge in [-0.1, -0.05) is 18.2 Å². The lowest BCUT2D eigenvalue weighted by Crippen LogP contribution is -2.39. The largest absolute Gasteiger partial charge is 0.497 e. The molecule has 1 unspecified atom stereocenters. The number of likely N-dealkylation sites (N-methyl/N-ethyl adjacent to an activating group) is 1. The van der Waals surface area contributed by atoms with Gasteiger partial charge in [-0.3, -0.25) is 4.99 Å². The van der Waals surface area contributed by atoms with Gasteiger partial charge in [0, 0.05) is 25.0 Å². The van der Waals surface area contributed by atoms with Crippen LogP contribution in [-0.4, -0.2) is 57.1 Å². The molecule has 1 heterocycles. The fraction of sp³-hybridized carbons (Fsp3) is 0.450. The van der Waals surface area contributed by atoms with E-state index in [-0.39, 0.29) is 6.04 Å². The van der Waals surface area contributed by atoms with E-state index in [9.17, 15) is 0 Å². The molecule has 142 valence electrons. The second kappa shape index (κ2) is 10.2. The minimum Gasteiger partial charge on any atom is -0.497 e. The van der Waals surface area contributed by atoms with Gasteiger partial charge in [-0.15, -0.1) is 11.3 Å². The minimum absolute atomic E-state index is 0.290. The Kier molecular flexibility index (Phi) is 7.94. The minimum atomic E-state index is 0.290. The number of hydrogen-bond donors (Lipinski definition) is 1. The first kappa shape index (κ1) is 20.3. The number of benzene rings is 1. The Morgan fingerprint density at radius 3 is 2.46 bits per heavy atom. The van der Waals surface area contributed by atoms with Gasteiger partial charge in [-0.25, -0.2) is 0 Å². The number of hydrogen-bond acceptors (Lipinski definition) is 4. The third-order valence-corrected chi connectivity index (χ3v) is 5.16. The molecule has 0 aliphatic carbocycles. The van der Waals surface area contributed by atoms with Gasteiger partial charge < -0.3 is 19.9 Å². The molecular weight excluding hydrogens is 344 g/mol. The van der Waals surface area contributed by atoms with Crippen molar-refractivity contribution in [3.63, 3.8) is 0 Å². The average molecular weight is 375 g/mol. The maximum atomic E-state index is 5.23. The lowest BCUT2D eigenvalue weighted by atomic mass is 10.2. The van der Waals surface area contributed by atoms with E-state index in [1.807, 2.05) is 12.1 Å². The van der Waals surface area contributed by atoms with Crippen LogP contribution in [0.2, 0.25) is 0 Å². The molecule has 0 amide bonds. The molecular formula is C20H30N4OS. The molecule has 0 spiro atoms. The summed E-state index contributed by atoms with van der Waals surface area (Å²) < 4.78 is 5.23. The topological polar surface area (TPSA) is 40.1 Å². The van der Waals surface area contributed by atoms with Gasteiger partial charge in [0.2, 0.25) is 0 Å². The average Bonchev–Trinajstić information content (AvgIpc) is 3.15. The highest BCUT2D eigenvalue weighted by Crippen LogP contribution is 2.23. The predicted octanol–water partition coefficient (Wildman–Crippen LogP) is 3.46. The Labute approximate surface area is 161 Å². The summed E-state index contributed by atoms with van der Waals surface area (Å²) >= 11 is 1.78. The van der Waals surface area contributed by atoms with Crippen molar-refractivity contribution >= 4 is 17.3 Å². The van der Waals surface area contributed by atoms with Crippen LogP contribution in [0.5, 0.6) is 5.75 Å². The molecule has 0 bridgehead atoms. The van der Waals surface area contributed by atoms with Crippen molar-refractivity contribution in [1.82, 2.24) is 15.1 Å². The number of guanidine groups is 1. The molecule has 6 heteroatoms. The summed E-state index contributed by atoms with van der Waals surface area (Å²) in [5, 5.41) is 5.52. The van der Waals surface area contributed by atoms with Gasteiger partial charge in [0.25, 0.3) is 0 Å². The number of ether oxygens (including phenoxy) is 1. The van der Waals surface area contributed by atoms with Crippen molar-refractivity contribution in [3.8, 4) is 5.75 Å². The van der Waals surface area contributed by atoms with E-state index in [0.29, 0.717) is 0 Å². The molecule has 2 rings (SSSR count). The molecule has 2 aromatic rings. The van der Waals surface area contributed by atoms with Crippen molar-refractivity contribution in [2.45, 2.75) is 19.5 Å². The van der Waals surface area contributed by atoms with Gasteiger partial charge in [-0.05, 0) is 50.2 Å². The Hall–Kier alpha value is -2.05. The number of methoxy groups -OCH3 is 1. The monoisotopic (exact) mass is 374 g/mol. The molecule has 5 nitrogen and oxygen atoms in total. The van der Waals surface area contributed by atoms with Crippen LogP contribution >= 0.6 is 11.3 Å². The van der Waals surface area contributed by atoms with E-state index in [1.165, 1.54) is 10.4 Å². The van der Waals surface area contributed by atoms with Crippen molar-refractivity contribution in [1.29, 1.82) is 0 Å². The summed E-state index contributed by atoms with van der Waals surface area (Å²) in [6.07, 6.45) is 0. The smallest absolute Gasteiger partial charge is 0.194 e. The second-order valence-electron chi connectivity index (χ2n) is 6.39. The van der Waals surface area contributed by atoms with Crippen LogP contribution in [-0.2, 0) is 6.54 Å². The Bertz CT molecular complexity index is 668. The lowest BCUT2D eigenvalue weighted by molar-refractivity contribution is 0.309. The fourth-order valence-corrected chi connectivity index (χ4v) is 3.62. The zero-order chi connectivity index (χ0) is 18.9. The molecule has 1 atom stereocenters. The molecule has 1 aromatic heterocycles. The molecule has 1 N–H and O–H groups in total. The maximum absolute atomic E-state index is 5.23. The number of nitrogens with zero attached hydrogens (tertiary/aromatic N) is 3. The standard InChI is InChI=1S/C20H30N4OS/c1-6-21-20(22-14-18(23(2)3)19-8-7-13-26-19)24(4)15-16-9-11-17(25-5)12-10-16/h7-13,18H,6,14-15H2,1-5H3,(H,21,22). The number of rotatable bonds is 8. The zero-order valence-corrected chi connectivity index (χ0v) is 17.2. The fourth-order valence-electron chi connectivity index (χ4n) is 2.71. The predicted molar refractivity (Wildman–Crippen MR) is 111 cm³/mol. The first-order valence-corrected chi connectivity index (χ1v) is 9.75. The molecule has 0 fully saturated rings. The van der Waals surface area contributed by atoms with Crippen molar-refractivity contribution < 1.29 is 4.74 Å². The SMILES string of the molecule is CCNC(=NCC(c1cccs1)N(C)C)N(C)Cc1ccc(OC)cc1. The summed E-state index contributed by atoms with van der Waals surface area (Å²) in [5.74, 6) is 1.80. The van der Waals surface area contributed by atoms with Crippen LogP contribution in [0.25, 0.3) is 0 Å². The Morgan fingerprint density at radius 1 is 1.19 bits per heavy atom. The van der Waals surface area contributed by atoms with Crippen LogP contribution < -0.4 is 10.1 Å². The number of aliphatic imine (C=N–C) groups is 1. The van der Waals surface area contributed by atoms with Gasteiger partial charge in [-0.2, -0.15) is 0 Å². The molecule has 0 aliphatic rings. The number of nitrogens with one attached hydrogen (secondary N) is 1. The van der Waals surface area contributed by atoms with Crippen molar-refractivity contribution in [2.24, 2.45) is 4.99 Å². The molecule has 0 saturated carbocycles. The first-order chi connectivity index (χ1) is 12.5. The molecule has 0 aliphatic heterocycles. The van der Waals surface area contributed by atoms with E-state index in [1.54, 1.807) is 18.4 Å². The van der Waals surface area contributed by atoms with E-state index in [0.717, 1.165) is 31.3 Å². The quantitative estimate of drug-likeness (QED) is 0.567. The molecule has 26 heavy (non-hydrogen) atoms. The Balaban J connectivity index is 2.08. The summed E-state index contributed by atoms with van der Waals surface area (Å²) in [5.41, 5.74) is 1.22. The van der Waals surface area contributed by atoms with Crippen LogP contribution in [0.4, 0.5) is 0 Å². The van der Waals surface area contributed by atoms with Gasteiger partial charge in [0.05, 0.1) is 19.7 Å². The molecule has 1 aromatic carbocycles. The first-order valence-electron chi connectivity index (χ1n) is 8.87. The van der Waals surface area contributed by atoms with E-state index in [4.69, 9.17) is 9.73 Å². The van der Waals surface area contributed by atoms with Crippen LogP contribution in [0.1, 0.15) is 23.4 Å². The number of thiophene rings is 1. The summed E-state index contributed by atoms with van der Waals surface area (Å²) in [6.45, 7) is 4.46. The van der Waals surface area contributed by atoms with Crippen molar-refractivity contribution in [2.75, 3.05) is 41.3 Å². The normalized spacial score (nSPS) is 12.9. The third-order valence-electron chi connectivity index (χ3n) is 4.18. The summed E-state index contributed by atoms with van der Waals surface area (Å²) in [6, 6.07) is 12.7. The maximum Gasteiger partial charge on any atom is 0.194 e. The molecule has 0 saturated heterocycles. The highest BCUT2D eigenvalue weighted by atomic mass is 32.1. The summed E-state index contributed by atoms with van der Waals surface area (Å²) in [4.78, 5) is 10.6. The highest BCUT2D eigenvalue weighted by Gasteiger charge is 2.16. The lowest BCUT2D eigenvalue weighted by Gasteiger charge is -2.25.